The minimum absolute atomic E-state index is 0.443. The zero-order chi connectivity index (χ0) is 15.1. The summed E-state index contributed by atoms with van der Waals surface area (Å²) in [5.41, 5.74) is 5.53. The van der Waals surface area contributed by atoms with Gasteiger partial charge in [0.1, 0.15) is 0 Å². The molecule has 0 aliphatic heterocycles. The molecule has 0 spiro atoms. The van der Waals surface area contributed by atoms with Gasteiger partial charge in [-0.2, -0.15) is 0 Å². The van der Waals surface area contributed by atoms with Crippen LogP contribution in [-0.2, 0) is 4.74 Å². The van der Waals surface area contributed by atoms with Gasteiger partial charge in [-0.15, -0.1) is 0 Å². The molecule has 2 N–H and O–H groups in total. The van der Waals surface area contributed by atoms with E-state index in [4.69, 9.17) is 10.5 Å². The molecule has 0 aliphatic carbocycles. The Morgan fingerprint density at radius 2 is 1.35 bits per heavy atom. The molecule has 0 rings (SSSR count). The Balaban J connectivity index is 4.34. The average Bonchev–Trinajstić information content (AvgIpc) is 2.48. The third kappa shape index (κ3) is 10.4. The molecule has 20 heavy (non-hydrogen) atoms. The normalized spacial score (nSPS) is 12.0. The van der Waals surface area contributed by atoms with Crippen LogP contribution >= 0.6 is 0 Å². The van der Waals surface area contributed by atoms with Crippen molar-refractivity contribution in [1.29, 1.82) is 0 Å². The first-order valence-electron chi connectivity index (χ1n) is 8.77. The fourth-order valence-electron chi connectivity index (χ4n) is 2.65. The van der Waals surface area contributed by atoms with Gasteiger partial charge in [-0.1, -0.05) is 0 Å². The van der Waals surface area contributed by atoms with Gasteiger partial charge in [-0.05, 0) is 0 Å². The summed E-state index contributed by atoms with van der Waals surface area (Å²) >= 11 is -0.443. The van der Waals surface area contributed by atoms with Crippen molar-refractivity contribution in [2.75, 3.05) is 17.8 Å². The predicted octanol–water partition coefficient (Wildman–Crippen LogP) is 4.74. The second-order valence-electron chi connectivity index (χ2n) is 5.96. The summed E-state index contributed by atoms with van der Waals surface area (Å²) in [6.07, 6.45) is 13.7. The van der Waals surface area contributed by atoms with Crippen molar-refractivity contribution in [3.05, 3.63) is 0 Å². The van der Waals surface area contributed by atoms with E-state index < -0.39 is 21.1 Å². The Kier molecular flexibility index (Phi) is 15.2. The molecule has 0 fully saturated rings. The Bertz CT molecular complexity index is 178. The van der Waals surface area contributed by atoms with Crippen LogP contribution in [0.2, 0.25) is 3.43 Å². The van der Waals surface area contributed by atoms with E-state index in [9.17, 15) is 0 Å². The van der Waals surface area contributed by atoms with Crippen molar-refractivity contribution < 1.29 is 4.74 Å². The molecule has 0 aromatic carbocycles. The molecule has 0 aromatic rings. The Hall–Kier alpha value is 0.719. The van der Waals surface area contributed by atoms with Crippen LogP contribution in [0.25, 0.3) is 0 Å². The van der Waals surface area contributed by atoms with Crippen LogP contribution in [0.1, 0.15) is 85.0 Å². The number of nitrogens with two attached hydrogens (primary N) is 1. The van der Waals surface area contributed by atoms with Crippen LogP contribution in [0.3, 0.4) is 0 Å². The molecule has 0 unspecified atom stereocenters. The number of rotatable bonds is 15. The maximum absolute atomic E-state index is 5.87. The van der Waals surface area contributed by atoms with Gasteiger partial charge in [-0.3, -0.25) is 0 Å². The second-order valence-corrected chi connectivity index (χ2v) is 10.8. The summed E-state index contributed by atoms with van der Waals surface area (Å²) in [6, 6.07) is 0. The number of ether oxygens (including phenoxy) is 1. The van der Waals surface area contributed by atoms with Gasteiger partial charge in [-0.25, -0.2) is 0 Å². The summed E-state index contributed by atoms with van der Waals surface area (Å²) in [5, 5.41) is 0. The van der Waals surface area contributed by atoms with E-state index in [1.165, 1.54) is 57.8 Å². The van der Waals surface area contributed by atoms with Gasteiger partial charge < -0.3 is 0 Å². The van der Waals surface area contributed by atoms with Gasteiger partial charge in [0.2, 0.25) is 0 Å². The minimum atomic E-state index is -0.443. The summed E-state index contributed by atoms with van der Waals surface area (Å²) in [7, 11) is 0. The summed E-state index contributed by atoms with van der Waals surface area (Å²) in [4.78, 5) is 0. The molecule has 120 valence electrons. The summed E-state index contributed by atoms with van der Waals surface area (Å²) < 4.78 is 7.68. The van der Waals surface area contributed by atoms with Crippen LogP contribution in [0.4, 0.5) is 0 Å². The molecule has 0 heterocycles. The first kappa shape index (κ1) is 20.7. The molecule has 0 aromatic heterocycles. The van der Waals surface area contributed by atoms with Gasteiger partial charge in [0.15, 0.2) is 0 Å². The number of hydrogen-bond donors (Lipinski definition) is 1. The predicted molar refractivity (Wildman–Crippen MR) is 91.5 cm³/mol. The van der Waals surface area contributed by atoms with Crippen molar-refractivity contribution in [2.24, 2.45) is 5.73 Å². The van der Waals surface area contributed by atoms with Crippen LogP contribution in [0, 0.1) is 0 Å². The molecule has 0 saturated heterocycles. The second kappa shape index (κ2) is 14.6. The topological polar surface area (TPSA) is 35.2 Å². The molecule has 0 aliphatic rings. The monoisotopic (exact) mass is 391 g/mol. The van der Waals surface area contributed by atoms with Crippen molar-refractivity contribution in [2.45, 2.75) is 88.4 Å². The molecule has 0 saturated carbocycles. The fraction of sp³-hybridized carbons (Fsp3) is 1.00. The van der Waals surface area contributed by atoms with Crippen LogP contribution in [0.15, 0.2) is 0 Å². The van der Waals surface area contributed by atoms with E-state index in [0.717, 1.165) is 24.2 Å². The molecule has 2 radical (unpaired) electrons. The van der Waals surface area contributed by atoms with E-state index in [2.05, 4.69) is 20.8 Å². The quantitative estimate of drug-likeness (QED) is 0.324. The van der Waals surface area contributed by atoms with Gasteiger partial charge in [0, 0.05) is 0 Å². The number of hydrogen-bond acceptors (Lipinski definition) is 2. The number of unbranched alkanes of at least 4 members (excludes halogenated alkanes) is 3. The first-order chi connectivity index (χ1) is 9.74. The van der Waals surface area contributed by atoms with Crippen molar-refractivity contribution in [3.8, 4) is 0 Å². The first-order valence-corrected chi connectivity index (χ1v) is 12.2. The molecule has 2 nitrogen and oxygen atoms in total. The molecule has 0 bridgehead atoms. The van der Waals surface area contributed by atoms with Crippen LogP contribution < -0.4 is 5.73 Å². The van der Waals surface area contributed by atoms with Crippen LogP contribution in [0.5, 0.6) is 0 Å². The maximum atomic E-state index is 5.87. The van der Waals surface area contributed by atoms with Gasteiger partial charge in [0.25, 0.3) is 0 Å². The van der Waals surface area contributed by atoms with Crippen molar-refractivity contribution in [3.63, 3.8) is 0 Å². The average molecular weight is 390 g/mol. The van der Waals surface area contributed by atoms with Gasteiger partial charge in [0.05, 0.1) is 0 Å². The zero-order valence-corrected chi connectivity index (χ0v) is 17.0. The summed E-state index contributed by atoms with van der Waals surface area (Å²) in [5.74, 6) is 0. The van der Waals surface area contributed by atoms with E-state index in [-0.39, 0.29) is 0 Å². The van der Waals surface area contributed by atoms with E-state index in [0.29, 0.717) is 3.43 Å². The van der Waals surface area contributed by atoms with Crippen LogP contribution in [-0.4, -0.2) is 38.9 Å². The summed E-state index contributed by atoms with van der Waals surface area (Å²) in [6.45, 7) is 8.62. The molecule has 3 heteroatoms. The molecular formula is C17H37NOSn. The third-order valence-corrected chi connectivity index (χ3v) is 9.34. The van der Waals surface area contributed by atoms with Crippen molar-refractivity contribution >= 4 is 21.1 Å². The standard InChI is InChI=1S/C13H27.C4H10NO.Sn/c1-4-7-10-13(11-8-5-2)12-9-6-3;1-6-4-2-3-5;/h4-12H2,1-3H3;1-5H2;. The Morgan fingerprint density at radius 1 is 0.850 bits per heavy atom. The van der Waals surface area contributed by atoms with E-state index in [1.54, 1.807) is 0 Å². The fourth-order valence-corrected chi connectivity index (χ4v) is 7.25. The van der Waals surface area contributed by atoms with E-state index in [1.807, 2.05) is 0 Å². The third-order valence-electron chi connectivity index (χ3n) is 4.07. The molecule has 0 amide bonds. The Labute approximate surface area is 137 Å². The van der Waals surface area contributed by atoms with E-state index >= 15 is 0 Å². The van der Waals surface area contributed by atoms with Gasteiger partial charge >= 0.3 is 138 Å². The van der Waals surface area contributed by atoms with Crippen molar-refractivity contribution in [1.82, 2.24) is 0 Å². The molecule has 0 atom stereocenters. The SMILES string of the molecule is CCCC[C](CCCC)(CCCC)[Sn][CH2]OCCCN. The Morgan fingerprint density at radius 3 is 1.75 bits per heavy atom. The molecular weight excluding hydrogens is 353 g/mol. The zero-order valence-electron chi connectivity index (χ0n) is 14.2.